The second-order valence-corrected chi connectivity index (χ2v) is 4.47. The summed E-state index contributed by atoms with van der Waals surface area (Å²) in [6.45, 7) is 0.943. The van der Waals surface area contributed by atoms with Crippen LogP contribution in [0.25, 0.3) is 11.0 Å². The molecule has 0 atom stereocenters. The van der Waals surface area contributed by atoms with Gasteiger partial charge in [0.15, 0.2) is 0 Å². The van der Waals surface area contributed by atoms with Gasteiger partial charge in [0.1, 0.15) is 5.69 Å². The van der Waals surface area contributed by atoms with Gasteiger partial charge in [-0.1, -0.05) is 17.3 Å². The molecule has 0 saturated heterocycles. The number of para-hydroxylation sites is 2. The lowest BCUT2D eigenvalue weighted by Crippen LogP contribution is -2.18. The van der Waals surface area contributed by atoms with Crippen molar-refractivity contribution in [2.45, 2.75) is 13.1 Å². The Hall–Kier alpha value is -2.54. The van der Waals surface area contributed by atoms with Crippen LogP contribution in [0.15, 0.2) is 35.3 Å². The molecule has 1 aromatic carbocycles. The van der Waals surface area contributed by atoms with Crippen molar-refractivity contribution in [2.24, 2.45) is 0 Å². The third-order valence-electron chi connectivity index (χ3n) is 2.93. The van der Waals surface area contributed by atoms with Crippen LogP contribution in [0.3, 0.4) is 0 Å². The van der Waals surface area contributed by atoms with Gasteiger partial charge < -0.3 is 10.3 Å². The summed E-state index contributed by atoms with van der Waals surface area (Å²) < 4.78 is 1.61. The molecule has 0 saturated carbocycles. The molecule has 2 N–H and O–H groups in total. The van der Waals surface area contributed by atoms with Crippen LogP contribution in [0, 0.1) is 0 Å². The van der Waals surface area contributed by atoms with Crippen molar-refractivity contribution in [1.82, 2.24) is 30.3 Å². The predicted molar refractivity (Wildman–Crippen MR) is 74.3 cm³/mol. The van der Waals surface area contributed by atoms with Crippen LogP contribution in [0.1, 0.15) is 11.4 Å². The Bertz CT molecular complexity index is 791. The maximum Gasteiger partial charge on any atom is 0.272 e. The summed E-state index contributed by atoms with van der Waals surface area (Å²) in [5.74, 6) is 0. The predicted octanol–water partition coefficient (Wildman–Crippen LogP) is 0.282. The van der Waals surface area contributed by atoms with E-state index in [2.05, 4.69) is 25.6 Å². The molecule has 0 radical (unpaired) electrons. The summed E-state index contributed by atoms with van der Waals surface area (Å²) in [6, 6.07) is 7.44. The van der Waals surface area contributed by atoms with Crippen LogP contribution < -0.4 is 10.9 Å². The molecule has 3 rings (SSSR count). The van der Waals surface area contributed by atoms with Crippen molar-refractivity contribution in [3.63, 3.8) is 0 Å². The maximum absolute atomic E-state index is 12.0. The summed E-state index contributed by atoms with van der Waals surface area (Å²) in [6.07, 6.45) is 1.80. The fourth-order valence-electron chi connectivity index (χ4n) is 2.01. The van der Waals surface area contributed by atoms with E-state index in [0.717, 1.165) is 16.7 Å². The first kappa shape index (κ1) is 12.5. The number of nitrogens with one attached hydrogen (secondary N) is 2. The Balaban J connectivity index is 1.93. The largest absolute Gasteiger partial charge is 0.319 e. The Kier molecular flexibility index (Phi) is 3.26. The summed E-state index contributed by atoms with van der Waals surface area (Å²) >= 11 is 0. The smallest absolute Gasteiger partial charge is 0.272 e. The van der Waals surface area contributed by atoms with E-state index in [1.54, 1.807) is 10.9 Å². The number of fused-ring (bicyclic) bond motifs is 1. The van der Waals surface area contributed by atoms with Gasteiger partial charge in [0, 0.05) is 6.54 Å². The lowest BCUT2D eigenvalue weighted by Gasteiger charge is -2.02. The molecule has 2 heterocycles. The van der Waals surface area contributed by atoms with E-state index in [0.29, 0.717) is 18.8 Å². The van der Waals surface area contributed by atoms with Crippen molar-refractivity contribution < 1.29 is 0 Å². The molecule has 0 amide bonds. The van der Waals surface area contributed by atoms with Gasteiger partial charge in [0.25, 0.3) is 5.56 Å². The summed E-state index contributed by atoms with van der Waals surface area (Å²) in [4.78, 5) is 19.2. The molecule has 102 valence electrons. The van der Waals surface area contributed by atoms with Crippen LogP contribution in [0.2, 0.25) is 0 Å². The standard InChI is InChI=1S/C13H14N6O/c1-14-6-9-7-19(18-17-9)8-12-13(20)16-11-5-3-2-4-10(11)15-12/h2-5,7,14H,6,8H2,1H3,(H,16,20). The summed E-state index contributed by atoms with van der Waals surface area (Å²) in [5.41, 5.74) is 2.54. The molecule has 0 unspecified atom stereocenters. The molecule has 2 aromatic heterocycles. The number of rotatable bonds is 4. The minimum Gasteiger partial charge on any atom is -0.319 e. The van der Waals surface area contributed by atoms with Gasteiger partial charge in [-0.05, 0) is 19.2 Å². The highest BCUT2D eigenvalue weighted by atomic mass is 16.1. The van der Waals surface area contributed by atoms with Crippen LogP contribution in [0.4, 0.5) is 0 Å². The lowest BCUT2D eigenvalue weighted by atomic mass is 10.3. The first-order valence-electron chi connectivity index (χ1n) is 6.28. The first-order valence-corrected chi connectivity index (χ1v) is 6.28. The maximum atomic E-state index is 12.0. The van der Waals surface area contributed by atoms with Crippen molar-refractivity contribution >= 4 is 11.0 Å². The number of H-pyrrole nitrogens is 1. The molecule has 7 nitrogen and oxygen atoms in total. The highest BCUT2D eigenvalue weighted by Gasteiger charge is 2.07. The number of benzene rings is 1. The van der Waals surface area contributed by atoms with E-state index in [4.69, 9.17) is 0 Å². The van der Waals surface area contributed by atoms with Gasteiger partial charge in [-0.2, -0.15) is 0 Å². The van der Waals surface area contributed by atoms with Gasteiger partial charge in [-0.15, -0.1) is 5.10 Å². The van der Waals surface area contributed by atoms with Gasteiger partial charge in [0.2, 0.25) is 0 Å². The zero-order valence-electron chi connectivity index (χ0n) is 11.0. The molecular weight excluding hydrogens is 256 g/mol. The van der Waals surface area contributed by atoms with Gasteiger partial charge in [-0.25, -0.2) is 9.67 Å². The normalized spacial score (nSPS) is 11.1. The number of hydrogen-bond acceptors (Lipinski definition) is 5. The van der Waals surface area contributed by atoms with E-state index < -0.39 is 0 Å². The molecule has 3 aromatic rings. The molecule has 7 heteroatoms. The van der Waals surface area contributed by atoms with Crippen molar-refractivity contribution in [2.75, 3.05) is 7.05 Å². The zero-order valence-corrected chi connectivity index (χ0v) is 11.0. The number of hydrogen-bond donors (Lipinski definition) is 2. The third kappa shape index (κ3) is 2.43. The molecule has 0 aliphatic rings. The molecule has 0 bridgehead atoms. The van der Waals surface area contributed by atoms with Gasteiger partial charge in [-0.3, -0.25) is 4.79 Å². The Labute approximate surface area is 114 Å². The zero-order chi connectivity index (χ0) is 13.9. The molecule has 20 heavy (non-hydrogen) atoms. The Morgan fingerprint density at radius 3 is 3.05 bits per heavy atom. The van der Waals surface area contributed by atoms with Crippen molar-refractivity contribution in [3.8, 4) is 0 Å². The number of nitrogens with zero attached hydrogens (tertiary/aromatic N) is 4. The average Bonchev–Trinajstić information content (AvgIpc) is 2.87. The minimum absolute atomic E-state index is 0.200. The SMILES string of the molecule is CNCc1cn(Cc2nc3ccccc3[nH]c2=O)nn1. The topological polar surface area (TPSA) is 88.5 Å². The molecular formula is C13H14N6O. The van der Waals surface area contributed by atoms with Crippen molar-refractivity contribution in [1.29, 1.82) is 0 Å². The fourth-order valence-corrected chi connectivity index (χ4v) is 2.01. The van der Waals surface area contributed by atoms with E-state index in [1.807, 2.05) is 31.3 Å². The monoisotopic (exact) mass is 270 g/mol. The van der Waals surface area contributed by atoms with Crippen LogP contribution >= 0.6 is 0 Å². The second kappa shape index (κ2) is 5.22. The van der Waals surface area contributed by atoms with E-state index in [1.165, 1.54) is 0 Å². The highest BCUT2D eigenvalue weighted by Crippen LogP contribution is 2.06. The molecule has 0 fully saturated rings. The highest BCUT2D eigenvalue weighted by molar-refractivity contribution is 5.73. The fraction of sp³-hybridized carbons (Fsp3) is 0.231. The van der Waals surface area contributed by atoms with E-state index >= 15 is 0 Å². The molecule has 0 aliphatic heterocycles. The number of aromatic nitrogens is 5. The Morgan fingerprint density at radius 1 is 1.35 bits per heavy atom. The summed E-state index contributed by atoms with van der Waals surface area (Å²) in [7, 11) is 1.84. The van der Waals surface area contributed by atoms with E-state index in [-0.39, 0.29) is 5.56 Å². The molecule has 0 spiro atoms. The van der Waals surface area contributed by atoms with Crippen LogP contribution in [-0.4, -0.2) is 32.0 Å². The van der Waals surface area contributed by atoms with Crippen LogP contribution in [0.5, 0.6) is 0 Å². The van der Waals surface area contributed by atoms with E-state index in [9.17, 15) is 4.79 Å². The van der Waals surface area contributed by atoms with Crippen molar-refractivity contribution in [3.05, 3.63) is 52.2 Å². The lowest BCUT2D eigenvalue weighted by molar-refractivity contribution is 0.634. The van der Waals surface area contributed by atoms with Gasteiger partial charge in [0.05, 0.1) is 29.5 Å². The quantitative estimate of drug-likeness (QED) is 0.711. The Morgan fingerprint density at radius 2 is 2.20 bits per heavy atom. The third-order valence-corrected chi connectivity index (χ3v) is 2.93. The first-order chi connectivity index (χ1) is 9.76. The van der Waals surface area contributed by atoms with Gasteiger partial charge >= 0.3 is 0 Å². The summed E-state index contributed by atoms with van der Waals surface area (Å²) in [5, 5.41) is 11.0. The number of aromatic amines is 1. The minimum atomic E-state index is -0.200. The van der Waals surface area contributed by atoms with Crippen LogP contribution in [-0.2, 0) is 13.1 Å². The second-order valence-electron chi connectivity index (χ2n) is 4.47. The molecule has 0 aliphatic carbocycles. The average molecular weight is 270 g/mol.